The molecule has 1 heterocycles. The van der Waals surface area contributed by atoms with Crippen LogP contribution in [0, 0.1) is 0 Å². The molecule has 0 aliphatic heterocycles. The molecule has 6 nitrogen and oxygen atoms in total. The van der Waals surface area contributed by atoms with Gasteiger partial charge in [0.25, 0.3) is 5.91 Å². The van der Waals surface area contributed by atoms with Gasteiger partial charge in [-0.1, -0.05) is 36.4 Å². The van der Waals surface area contributed by atoms with Gasteiger partial charge in [-0.15, -0.1) is 6.58 Å². The number of aromatic nitrogens is 1. The van der Waals surface area contributed by atoms with Gasteiger partial charge in [0.2, 0.25) is 11.8 Å². The van der Waals surface area contributed by atoms with Crippen LogP contribution in [0.15, 0.2) is 77.9 Å². The summed E-state index contributed by atoms with van der Waals surface area (Å²) in [6.45, 7) is 3.92. The topological polar surface area (TPSA) is 84.2 Å². The van der Waals surface area contributed by atoms with Crippen LogP contribution < -0.4 is 10.6 Å². The third kappa shape index (κ3) is 4.70. The van der Waals surface area contributed by atoms with Crippen molar-refractivity contribution in [3.63, 3.8) is 0 Å². The summed E-state index contributed by atoms with van der Waals surface area (Å²) in [5.74, 6) is -0.104. The zero-order valence-electron chi connectivity index (χ0n) is 14.6. The Bertz CT molecular complexity index is 948. The second kappa shape index (κ2) is 8.62. The first-order valence-corrected chi connectivity index (χ1v) is 8.45. The number of anilines is 1. The highest BCUT2D eigenvalue weighted by molar-refractivity contribution is 6.04. The number of carbonyl (C=O) groups is 2. The molecule has 2 aromatic carbocycles. The largest absolute Gasteiger partial charge is 0.444 e. The molecule has 0 saturated heterocycles. The van der Waals surface area contributed by atoms with E-state index < -0.39 is 0 Å². The number of benzene rings is 2. The molecule has 0 bridgehead atoms. The molecule has 0 atom stereocenters. The third-order valence-corrected chi connectivity index (χ3v) is 3.77. The van der Waals surface area contributed by atoms with Gasteiger partial charge in [-0.3, -0.25) is 9.59 Å². The number of hydrogen-bond donors (Lipinski definition) is 2. The van der Waals surface area contributed by atoms with Crippen LogP contribution in [0.3, 0.4) is 0 Å². The van der Waals surface area contributed by atoms with Crippen molar-refractivity contribution < 1.29 is 14.0 Å². The predicted molar refractivity (Wildman–Crippen MR) is 103 cm³/mol. The van der Waals surface area contributed by atoms with E-state index in [1.165, 1.54) is 6.26 Å². The summed E-state index contributed by atoms with van der Waals surface area (Å²) < 4.78 is 5.44. The number of para-hydroxylation sites is 1. The monoisotopic (exact) mass is 361 g/mol. The second-order valence-corrected chi connectivity index (χ2v) is 5.78. The predicted octanol–water partition coefficient (Wildman–Crippen LogP) is 3.44. The molecule has 6 heteroatoms. The number of rotatable bonds is 7. The van der Waals surface area contributed by atoms with Crippen LogP contribution in [-0.4, -0.2) is 23.3 Å². The van der Waals surface area contributed by atoms with Crippen LogP contribution in [0.4, 0.5) is 5.69 Å². The van der Waals surface area contributed by atoms with Crippen molar-refractivity contribution in [2.24, 2.45) is 0 Å². The fourth-order valence-electron chi connectivity index (χ4n) is 2.51. The zero-order chi connectivity index (χ0) is 19.1. The van der Waals surface area contributed by atoms with Crippen LogP contribution >= 0.6 is 0 Å². The van der Waals surface area contributed by atoms with E-state index in [0.717, 1.165) is 5.56 Å². The van der Waals surface area contributed by atoms with E-state index in [1.54, 1.807) is 30.3 Å². The van der Waals surface area contributed by atoms with E-state index in [2.05, 4.69) is 22.2 Å². The van der Waals surface area contributed by atoms with Crippen molar-refractivity contribution in [3.8, 4) is 11.5 Å². The Morgan fingerprint density at radius 3 is 2.59 bits per heavy atom. The first-order valence-electron chi connectivity index (χ1n) is 8.45. The first kappa shape index (κ1) is 18.1. The molecule has 0 aliphatic rings. The first-order chi connectivity index (χ1) is 13.2. The van der Waals surface area contributed by atoms with Gasteiger partial charge in [0, 0.05) is 12.1 Å². The molecular weight excluding hydrogens is 342 g/mol. The van der Waals surface area contributed by atoms with Gasteiger partial charge < -0.3 is 15.1 Å². The van der Waals surface area contributed by atoms with E-state index in [4.69, 9.17) is 4.42 Å². The maximum absolute atomic E-state index is 12.4. The molecule has 2 N–H and O–H groups in total. The number of nitrogens with zero attached hydrogens (tertiary/aromatic N) is 1. The minimum absolute atomic E-state index is 0.0406. The van der Waals surface area contributed by atoms with Crippen molar-refractivity contribution >= 4 is 17.5 Å². The van der Waals surface area contributed by atoms with Crippen molar-refractivity contribution in [1.82, 2.24) is 10.3 Å². The fourth-order valence-corrected chi connectivity index (χ4v) is 2.51. The molecule has 0 saturated carbocycles. The van der Waals surface area contributed by atoms with E-state index in [0.29, 0.717) is 29.4 Å². The average molecular weight is 361 g/mol. The molecule has 0 radical (unpaired) electrons. The molecule has 0 fully saturated rings. The lowest BCUT2D eigenvalue weighted by molar-refractivity contribution is -0.115. The van der Waals surface area contributed by atoms with Crippen LogP contribution in [-0.2, 0) is 11.2 Å². The standard InChI is InChI=1S/C21H19N3O3/c1-2-12-22-20(26)17-10-6-7-11-18(17)24-19(25)13-16-14-27-21(23-16)15-8-4-3-5-9-15/h2-11,14H,1,12-13H2,(H,22,26)(H,24,25). The van der Waals surface area contributed by atoms with Crippen LogP contribution in [0.25, 0.3) is 11.5 Å². The van der Waals surface area contributed by atoms with Gasteiger partial charge in [0.15, 0.2) is 0 Å². The van der Waals surface area contributed by atoms with Crippen LogP contribution in [0.5, 0.6) is 0 Å². The molecule has 1 aromatic heterocycles. The van der Waals surface area contributed by atoms with Gasteiger partial charge >= 0.3 is 0 Å². The molecular formula is C21H19N3O3. The molecule has 136 valence electrons. The lowest BCUT2D eigenvalue weighted by atomic mass is 10.1. The van der Waals surface area contributed by atoms with Crippen LogP contribution in [0.2, 0.25) is 0 Å². The lowest BCUT2D eigenvalue weighted by Gasteiger charge is -2.10. The van der Waals surface area contributed by atoms with Crippen molar-refractivity contribution in [1.29, 1.82) is 0 Å². The van der Waals surface area contributed by atoms with Gasteiger partial charge in [-0.2, -0.15) is 0 Å². The molecule has 3 rings (SSSR count). The Morgan fingerprint density at radius 1 is 1.07 bits per heavy atom. The SMILES string of the molecule is C=CCNC(=O)c1ccccc1NC(=O)Cc1coc(-c2ccccc2)n1. The van der Waals surface area contributed by atoms with Gasteiger partial charge in [0.1, 0.15) is 6.26 Å². The number of amides is 2. The highest BCUT2D eigenvalue weighted by Crippen LogP contribution is 2.19. The summed E-state index contributed by atoms with van der Waals surface area (Å²) in [5, 5.41) is 5.46. The maximum atomic E-state index is 12.4. The molecule has 27 heavy (non-hydrogen) atoms. The number of hydrogen-bond acceptors (Lipinski definition) is 4. The van der Waals surface area contributed by atoms with E-state index in [-0.39, 0.29) is 18.2 Å². The zero-order valence-corrected chi connectivity index (χ0v) is 14.6. The summed E-state index contributed by atoms with van der Waals surface area (Å²) >= 11 is 0. The minimum Gasteiger partial charge on any atom is -0.444 e. The second-order valence-electron chi connectivity index (χ2n) is 5.78. The van der Waals surface area contributed by atoms with Gasteiger partial charge in [-0.05, 0) is 24.3 Å². The number of carbonyl (C=O) groups excluding carboxylic acids is 2. The third-order valence-electron chi connectivity index (χ3n) is 3.77. The lowest BCUT2D eigenvalue weighted by Crippen LogP contribution is -2.25. The smallest absolute Gasteiger partial charge is 0.253 e. The Hall–Kier alpha value is -3.67. The highest BCUT2D eigenvalue weighted by Gasteiger charge is 2.14. The molecule has 0 unspecified atom stereocenters. The van der Waals surface area contributed by atoms with E-state index in [9.17, 15) is 9.59 Å². The molecule has 0 spiro atoms. The summed E-state index contributed by atoms with van der Waals surface area (Å²) in [7, 11) is 0. The quantitative estimate of drug-likeness (QED) is 0.632. The average Bonchev–Trinajstić information content (AvgIpc) is 3.15. The van der Waals surface area contributed by atoms with Crippen LogP contribution in [0.1, 0.15) is 16.1 Å². The summed E-state index contributed by atoms with van der Waals surface area (Å²) in [6, 6.07) is 16.3. The fraction of sp³-hybridized carbons (Fsp3) is 0.0952. The van der Waals surface area contributed by atoms with E-state index >= 15 is 0 Å². The number of oxazole rings is 1. The normalized spacial score (nSPS) is 10.2. The summed E-state index contributed by atoms with van der Waals surface area (Å²) in [5.41, 5.74) is 2.18. The Balaban J connectivity index is 1.67. The van der Waals surface area contributed by atoms with Crippen molar-refractivity contribution in [3.05, 3.63) is 84.8 Å². The Kier molecular flexibility index (Phi) is 5.79. The van der Waals surface area contributed by atoms with E-state index in [1.807, 2.05) is 30.3 Å². The summed E-state index contributed by atoms with van der Waals surface area (Å²) in [6.07, 6.45) is 3.09. The molecule has 3 aromatic rings. The highest BCUT2D eigenvalue weighted by atomic mass is 16.3. The van der Waals surface area contributed by atoms with Crippen molar-refractivity contribution in [2.75, 3.05) is 11.9 Å². The number of nitrogens with one attached hydrogen (secondary N) is 2. The maximum Gasteiger partial charge on any atom is 0.253 e. The van der Waals surface area contributed by atoms with Gasteiger partial charge in [0.05, 0.1) is 23.4 Å². The summed E-state index contributed by atoms with van der Waals surface area (Å²) in [4.78, 5) is 28.9. The van der Waals surface area contributed by atoms with Gasteiger partial charge in [-0.25, -0.2) is 4.98 Å². The Labute approximate surface area is 156 Å². The minimum atomic E-state index is -0.285. The molecule has 0 aliphatic carbocycles. The Morgan fingerprint density at radius 2 is 1.81 bits per heavy atom. The van der Waals surface area contributed by atoms with Crippen molar-refractivity contribution in [2.45, 2.75) is 6.42 Å². The molecule has 2 amide bonds.